The minimum absolute atomic E-state index is 0.0855. The van der Waals surface area contributed by atoms with Gasteiger partial charge in [0.05, 0.1) is 11.6 Å². The smallest absolute Gasteiger partial charge is 0.408 e. The number of nitrogens with one attached hydrogen (secondary N) is 1. The third kappa shape index (κ3) is 3.10. The van der Waals surface area contributed by atoms with Crippen LogP contribution in [-0.4, -0.2) is 20.8 Å². The van der Waals surface area contributed by atoms with Crippen LogP contribution in [0.2, 0.25) is 0 Å². The van der Waals surface area contributed by atoms with Crippen LogP contribution in [0.15, 0.2) is 70.0 Å². The summed E-state index contributed by atoms with van der Waals surface area (Å²) in [5.41, 5.74) is 4.01. The Kier molecular flexibility index (Phi) is 4.01. The van der Waals surface area contributed by atoms with E-state index in [0.717, 1.165) is 11.1 Å². The van der Waals surface area contributed by atoms with E-state index in [2.05, 4.69) is 9.97 Å². The van der Waals surface area contributed by atoms with Crippen LogP contribution in [0, 0.1) is 5.82 Å². The molecule has 0 spiro atoms. The first-order valence-electron chi connectivity index (χ1n) is 9.20. The molecule has 1 atom stereocenters. The zero-order valence-electron chi connectivity index (χ0n) is 15.3. The third-order valence-corrected chi connectivity index (χ3v) is 5.21. The number of fused-ring (bicyclic) bond motifs is 2. The van der Waals surface area contributed by atoms with Crippen LogP contribution < -0.4 is 5.76 Å². The molecule has 144 valence electrons. The van der Waals surface area contributed by atoms with E-state index in [1.54, 1.807) is 23.1 Å². The Morgan fingerprint density at radius 2 is 1.97 bits per heavy atom. The van der Waals surface area contributed by atoms with Crippen molar-refractivity contribution in [2.75, 3.05) is 0 Å². The van der Waals surface area contributed by atoms with E-state index < -0.39 is 5.76 Å². The fraction of sp³-hybridized carbons (Fsp3) is 0.136. The summed E-state index contributed by atoms with van der Waals surface area (Å²) in [6.07, 6.45) is 1.83. The molecule has 5 rings (SSSR count). The molecule has 1 N–H and O–H groups in total. The van der Waals surface area contributed by atoms with Crippen LogP contribution in [0.3, 0.4) is 0 Å². The monoisotopic (exact) mass is 389 g/mol. The molecule has 1 aliphatic heterocycles. The van der Waals surface area contributed by atoms with E-state index in [1.807, 2.05) is 24.3 Å². The SMILES string of the molecule is O=C1c2ccccc2C(Cc2cc(F)ccn2)N1Cc1ccc2[nH]c(=O)oc2c1. The molecule has 0 bridgehead atoms. The number of benzene rings is 2. The van der Waals surface area contributed by atoms with Crippen molar-refractivity contribution in [3.63, 3.8) is 0 Å². The number of hydrogen-bond donors (Lipinski definition) is 1. The van der Waals surface area contributed by atoms with Gasteiger partial charge in [0.2, 0.25) is 0 Å². The van der Waals surface area contributed by atoms with Crippen molar-refractivity contribution in [3.8, 4) is 0 Å². The van der Waals surface area contributed by atoms with Crippen LogP contribution in [0.1, 0.15) is 33.2 Å². The first-order valence-corrected chi connectivity index (χ1v) is 9.20. The van der Waals surface area contributed by atoms with Gasteiger partial charge in [-0.25, -0.2) is 9.18 Å². The lowest BCUT2D eigenvalue weighted by Crippen LogP contribution is -2.29. The molecule has 0 radical (unpaired) electrons. The van der Waals surface area contributed by atoms with Crippen molar-refractivity contribution in [1.82, 2.24) is 14.9 Å². The molecule has 7 heteroatoms. The molecule has 2 aromatic heterocycles. The number of halogens is 1. The maximum Gasteiger partial charge on any atom is 0.417 e. The lowest BCUT2D eigenvalue weighted by atomic mass is 10.00. The number of carbonyl (C=O) groups is 1. The molecule has 3 heterocycles. The number of carbonyl (C=O) groups excluding carboxylic acids is 1. The number of pyridine rings is 1. The van der Waals surface area contributed by atoms with E-state index >= 15 is 0 Å². The van der Waals surface area contributed by atoms with Crippen LogP contribution in [0.25, 0.3) is 11.1 Å². The summed E-state index contributed by atoms with van der Waals surface area (Å²) in [5.74, 6) is -0.957. The minimum atomic E-state index is -0.517. The first kappa shape index (κ1) is 17.4. The van der Waals surface area contributed by atoms with Gasteiger partial charge in [0.1, 0.15) is 5.82 Å². The van der Waals surface area contributed by atoms with Crippen LogP contribution in [-0.2, 0) is 13.0 Å². The summed E-state index contributed by atoms with van der Waals surface area (Å²) in [4.78, 5) is 33.1. The second-order valence-electron chi connectivity index (χ2n) is 7.05. The van der Waals surface area contributed by atoms with Crippen molar-refractivity contribution >= 4 is 17.0 Å². The number of rotatable bonds is 4. The molecule has 0 fully saturated rings. The molecule has 2 aromatic carbocycles. The van der Waals surface area contributed by atoms with E-state index in [1.165, 1.54) is 18.3 Å². The second kappa shape index (κ2) is 6.70. The van der Waals surface area contributed by atoms with Gasteiger partial charge in [0, 0.05) is 30.4 Å². The quantitative estimate of drug-likeness (QED) is 0.578. The van der Waals surface area contributed by atoms with Crippen molar-refractivity contribution in [3.05, 3.63) is 99.5 Å². The molecule has 0 saturated carbocycles. The maximum absolute atomic E-state index is 13.6. The summed E-state index contributed by atoms with van der Waals surface area (Å²) in [6.45, 7) is 0.332. The number of aromatic amines is 1. The maximum atomic E-state index is 13.6. The van der Waals surface area contributed by atoms with Crippen molar-refractivity contribution in [2.45, 2.75) is 19.0 Å². The highest BCUT2D eigenvalue weighted by Crippen LogP contribution is 2.37. The van der Waals surface area contributed by atoms with Gasteiger partial charge in [-0.05, 0) is 41.5 Å². The number of nitrogens with zero attached hydrogens (tertiary/aromatic N) is 2. The standard InChI is InChI=1S/C22H16FN3O3/c23-14-7-8-24-15(10-14)11-19-16-3-1-2-4-17(16)21(27)26(19)12-13-5-6-18-20(9-13)29-22(28)25-18/h1-10,19H,11-12H2,(H,25,28). The predicted octanol–water partition coefficient (Wildman–Crippen LogP) is 3.60. The molecule has 0 saturated heterocycles. The summed E-state index contributed by atoms with van der Waals surface area (Å²) in [6, 6.07) is 15.2. The number of H-pyrrole nitrogens is 1. The van der Waals surface area contributed by atoms with Crippen LogP contribution >= 0.6 is 0 Å². The number of amides is 1. The highest BCUT2D eigenvalue weighted by Gasteiger charge is 2.36. The van der Waals surface area contributed by atoms with Gasteiger partial charge in [-0.1, -0.05) is 24.3 Å². The van der Waals surface area contributed by atoms with Gasteiger partial charge in [-0.15, -0.1) is 0 Å². The molecule has 29 heavy (non-hydrogen) atoms. The average Bonchev–Trinajstić information content (AvgIpc) is 3.20. The first-order chi connectivity index (χ1) is 14.1. The molecule has 6 nitrogen and oxygen atoms in total. The molecular formula is C22H16FN3O3. The van der Waals surface area contributed by atoms with Crippen molar-refractivity contribution in [2.24, 2.45) is 0 Å². The van der Waals surface area contributed by atoms with Crippen LogP contribution in [0.4, 0.5) is 4.39 Å². The number of oxazole rings is 1. The van der Waals surface area contributed by atoms with Crippen molar-refractivity contribution in [1.29, 1.82) is 0 Å². The number of hydrogen-bond acceptors (Lipinski definition) is 4. The van der Waals surface area contributed by atoms with Gasteiger partial charge in [0.25, 0.3) is 5.91 Å². The Bertz CT molecular complexity index is 1290. The van der Waals surface area contributed by atoms with Gasteiger partial charge in [-0.2, -0.15) is 0 Å². The summed E-state index contributed by atoms with van der Waals surface area (Å²) < 4.78 is 18.8. The van der Waals surface area contributed by atoms with Gasteiger partial charge >= 0.3 is 5.76 Å². The fourth-order valence-electron chi connectivity index (χ4n) is 3.89. The van der Waals surface area contributed by atoms with Gasteiger partial charge < -0.3 is 9.32 Å². The molecule has 1 amide bonds. The Labute approximate surface area is 164 Å². The second-order valence-corrected chi connectivity index (χ2v) is 7.05. The molecule has 0 aliphatic carbocycles. The highest BCUT2D eigenvalue weighted by molar-refractivity contribution is 5.99. The summed E-state index contributed by atoms with van der Waals surface area (Å²) in [7, 11) is 0. The molecule has 1 aliphatic rings. The molecular weight excluding hydrogens is 373 g/mol. The summed E-state index contributed by atoms with van der Waals surface area (Å²) in [5, 5.41) is 0. The Hall–Kier alpha value is -3.74. The number of aromatic nitrogens is 2. The normalized spacial score (nSPS) is 15.8. The van der Waals surface area contributed by atoms with E-state index in [9.17, 15) is 14.0 Å². The fourth-order valence-corrected chi connectivity index (χ4v) is 3.89. The Morgan fingerprint density at radius 3 is 2.83 bits per heavy atom. The summed E-state index contributed by atoms with van der Waals surface area (Å²) >= 11 is 0. The largest absolute Gasteiger partial charge is 0.417 e. The third-order valence-electron chi connectivity index (χ3n) is 5.21. The van der Waals surface area contributed by atoms with Gasteiger partial charge in [-0.3, -0.25) is 14.8 Å². The Balaban J connectivity index is 1.51. The lowest BCUT2D eigenvalue weighted by molar-refractivity contribution is 0.0708. The van der Waals surface area contributed by atoms with Gasteiger partial charge in [0.15, 0.2) is 5.58 Å². The average molecular weight is 389 g/mol. The highest BCUT2D eigenvalue weighted by atomic mass is 19.1. The van der Waals surface area contributed by atoms with E-state index in [4.69, 9.17) is 4.42 Å². The lowest BCUT2D eigenvalue weighted by Gasteiger charge is -2.25. The predicted molar refractivity (Wildman–Crippen MR) is 104 cm³/mol. The molecule has 1 unspecified atom stereocenters. The molecule has 4 aromatic rings. The topological polar surface area (TPSA) is 79.2 Å². The minimum Gasteiger partial charge on any atom is -0.408 e. The van der Waals surface area contributed by atoms with E-state index in [-0.39, 0.29) is 17.8 Å². The zero-order valence-corrected chi connectivity index (χ0v) is 15.3. The van der Waals surface area contributed by atoms with E-state index in [0.29, 0.717) is 35.3 Å². The zero-order chi connectivity index (χ0) is 20.0. The van der Waals surface area contributed by atoms with Crippen molar-refractivity contribution < 1.29 is 13.6 Å². The Morgan fingerprint density at radius 1 is 1.10 bits per heavy atom. The van der Waals surface area contributed by atoms with Crippen LogP contribution in [0.5, 0.6) is 0 Å².